The molecule has 2 unspecified atom stereocenters. The minimum Gasteiger partial charge on any atom is -0.462 e. The quantitative estimate of drug-likeness (QED) is 0.0169. The van der Waals surface area contributed by atoms with E-state index in [0.29, 0.717) is 38.5 Å². The standard InChI is InChI=1S/C87H144O17P2/c1-5-9-13-17-21-25-29-33-36-39-40-43-45-49-52-56-60-64-68-72-85(90)98-78-83(104-87(92)74-70-66-62-58-54-50-46-42-38-35-31-27-23-19-15-11-7-3)80-102-106(95,96)100-76-81(88)75-99-105(93,94)101-79-82(103-86(91)73-69-65-61-57-53-47-32-28-24-20-16-12-8-4)77-97-84(89)71-67-63-59-55-51-48-44-41-37-34-30-26-22-18-14-10-6-2/h9,13,21-23,25-27,33-38,40,43-44,46,48-50,52,55,58-59,62,81-83,88H,5-8,10-12,14-20,24,28-32,39,41-42,45,47,51,53-54,56-57,60-61,63-80H2,1-4H3,(H,93,94)(H,95,96)/b13-9-,25-21-,26-22-,27-23-,36-33-,37-34-,38-35-,43-40-,48-44-,50-46-,52-49-,59-55-,62-58-/t81-,82+,83+/m0/s1. The van der Waals surface area contributed by atoms with E-state index in [1.54, 1.807) is 0 Å². The van der Waals surface area contributed by atoms with E-state index in [-0.39, 0.29) is 25.7 Å². The topological polar surface area (TPSA) is 237 Å². The molecule has 0 aliphatic rings. The molecule has 5 atom stereocenters. The van der Waals surface area contributed by atoms with Gasteiger partial charge in [0.1, 0.15) is 19.3 Å². The molecule has 0 amide bonds. The van der Waals surface area contributed by atoms with E-state index in [2.05, 4.69) is 161 Å². The molecule has 0 aromatic carbocycles. The molecule has 17 nitrogen and oxygen atoms in total. The molecule has 0 aromatic rings. The predicted molar refractivity (Wildman–Crippen MR) is 436 cm³/mol. The second kappa shape index (κ2) is 77.8. The number of phosphoric acid groups is 2. The van der Waals surface area contributed by atoms with Crippen molar-refractivity contribution in [2.45, 2.75) is 329 Å². The van der Waals surface area contributed by atoms with Crippen LogP contribution in [-0.2, 0) is 65.4 Å². The maximum Gasteiger partial charge on any atom is 0.472 e. The van der Waals surface area contributed by atoms with Crippen LogP contribution in [0.2, 0.25) is 0 Å². The Kier molecular flexibility index (Phi) is 73.9. The van der Waals surface area contributed by atoms with Gasteiger partial charge in [-0.3, -0.25) is 37.3 Å². The summed E-state index contributed by atoms with van der Waals surface area (Å²) in [5, 5.41) is 10.6. The molecule has 3 N–H and O–H groups in total. The SMILES string of the molecule is CC/C=C\C/C=C\C/C=C\C/C=C\C/C=C\CCCCCC(=O)OC[C@H](COP(=O)(O)OC[C@@H](O)COP(=O)(O)OC[C@@H](COC(=O)CCC/C=C\C/C=C\C/C=C\C/C=C\CCCCC)OC(=O)CCCCCCCCCCCCCCC)OC(=O)CCC/C=C\C/C=C\C/C=C\C/C=C\CCCCC. The summed E-state index contributed by atoms with van der Waals surface area (Å²) in [7, 11) is -10.0. The maximum atomic E-state index is 13.1. The Hall–Kier alpha value is -5.32. The number of aliphatic hydroxyl groups excluding tert-OH is 1. The highest BCUT2D eigenvalue weighted by Gasteiger charge is 2.30. The summed E-state index contributed by atoms with van der Waals surface area (Å²) in [6, 6.07) is 0. The number of allylic oxidation sites excluding steroid dienone is 26. The minimum atomic E-state index is -5.01. The largest absolute Gasteiger partial charge is 0.472 e. The summed E-state index contributed by atoms with van der Waals surface area (Å²) in [6.45, 7) is 4.54. The average Bonchev–Trinajstić information content (AvgIpc) is 0.907. The number of unbranched alkanes of at least 4 members (excludes halogenated alkanes) is 23. The Morgan fingerprint density at radius 3 is 0.821 bits per heavy atom. The molecular weight excluding hydrogens is 1380 g/mol. The van der Waals surface area contributed by atoms with Gasteiger partial charge in [-0.15, -0.1) is 0 Å². The van der Waals surface area contributed by atoms with Gasteiger partial charge in [-0.05, 0) is 148 Å². The average molecular weight is 1520 g/mol. The number of carbonyl (C=O) groups is 4. The molecule has 106 heavy (non-hydrogen) atoms. The van der Waals surface area contributed by atoms with Crippen molar-refractivity contribution in [1.82, 2.24) is 0 Å². The van der Waals surface area contributed by atoms with Crippen LogP contribution >= 0.6 is 15.6 Å². The molecule has 19 heteroatoms. The van der Waals surface area contributed by atoms with Crippen LogP contribution in [0.4, 0.5) is 0 Å². The summed E-state index contributed by atoms with van der Waals surface area (Å²) < 4.78 is 68.5. The minimum absolute atomic E-state index is 0.00529. The van der Waals surface area contributed by atoms with Gasteiger partial charge in [-0.1, -0.05) is 295 Å². The van der Waals surface area contributed by atoms with Gasteiger partial charge in [0.05, 0.1) is 26.4 Å². The molecule has 0 rings (SSSR count). The Labute approximate surface area is 642 Å². The van der Waals surface area contributed by atoms with E-state index in [0.717, 1.165) is 128 Å². The molecule has 0 saturated carbocycles. The van der Waals surface area contributed by atoms with Crippen LogP contribution in [0.1, 0.15) is 310 Å². The lowest BCUT2D eigenvalue weighted by Crippen LogP contribution is -2.30. The molecule has 0 aliphatic heterocycles. The zero-order chi connectivity index (χ0) is 77.4. The van der Waals surface area contributed by atoms with E-state index < -0.39 is 97.5 Å². The summed E-state index contributed by atoms with van der Waals surface area (Å²) in [5.41, 5.74) is 0. The third-order valence-electron chi connectivity index (χ3n) is 16.5. The first-order chi connectivity index (χ1) is 51.7. The lowest BCUT2D eigenvalue weighted by atomic mass is 10.0. The van der Waals surface area contributed by atoms with Gasteiger partial charge in [0, 0.05) is 25.7 Å². The fraction of sp³-hybridized carbons (Fsp3) is 0.655. The number of esters is 4. The lowest BCUT2D eigenvalue weighted by Gasteiger charge is -2.21. The molecule has 0 fully saturated rings. The molecule has 0 heterocycles. The first kappa shape index (κ1) is 101. The molecule has 0 aromatic heterocycles. The fourth-order valence-corrected chi connectivity index (χ4v) is 11.9. The van der Waals surface area contributed by atoms with Crippen LogP contribution < -0.4 is 0 Å². The molecule has 0 saturated heterocycles. The first-order valence-electron chi connectivity index (χ1n) is 40.7. The molecule has 604 valence electrons. The number of aliphatic hydroxyl groups is 1. The molecular formula is C87H144O17P2. The molecule has 0 aliphatic carbocycles. The van der Waals surface area contributed by atoms with Gasteiger partial charge in [-0.25, -0.2) is 9.13 Å². The van der Waals surface area contributed by atoms with Crippen LogP contribution in [0, 0.1) is 0 Å². The van der Waals surface area contributed by atoms with Crippen LogP contribution in [0.3, 0.4) is 0 Å². The van der Waals surface area contributed by atoms with Crippen molar-refractivity contribution in [2.24, 2.45) is 0 Å². The van der Waals surface area contributed by atoms with Crippen molar-refractivity contribution < 1.29 is 80.2 Å². The zero-order valence-corrected chi connectivity index (χ0v) is 67.8. The van der Waals surface area contributed by atoms with Crippen molar-refractivity contribution in [3.63, 3.8) is 0 Å². The fourth-order valence-electron chi connectivity index (χ4n) is 10.3. The van der Waals surface area contributed by atoms with Crippen LogP contribution in [0.25, 0.3) is 0 Å². The van der Waals surface area contributed by atoms with Crippen molar-refractivity contribution in [3.05, 3.63) is 158 Å². The van der Waals surface area contributed by atoms with Crippen molar-refractivity contribution in [1.29, 1.82) is 0 Å². The van der Waals surface area contributed by atoms with Crippen LogP contribution in [0.15, 0.2) is 158 Å². The van der Waals surface area contributed by atoms with Crippen LogP contribution in [-0.4, -0.2) is 96.7 Å². The number of rotatable bonds is 75. The number of carbonyl (C=O) groups excluding carboxylic acids is 4. The van der Waals surface area contributed by atoms with Gasteiger partial charge in [0.25, 0.3) is 0 Å². The van der Waals surface area contributed by atoms with Gasteiger partial charge >= 0.3 is 39.5 Å². The monoisotopic (exact) mass is 1520 g/mol. The molecule has 0 spiro atoms. The third-order valence-corrected chi connectivity index (χ3v) is 18.4. The van der Waals surface area contributed by atoms with Crippen molar-refractivity contribution in [2.75, 3.05) is 39.6 Å². The summed E-state index contributed by atoms with van der Waals surface area (Å²) >= 11 is 0. The van der Waals surface area contributed by atoms with E-state index in [1.165, 1.54) is 89.9 Å². The van der Waals surface area contributed by atoms with E-state index in [1.807, 2.05) is 24.3 Å². The van der Waals surface area contributed by atoms with Crippen LogP contribution in [0.5, 0.6) is 0 Å². The van der Waals surface area contributed by atoms with Crippen molar-refractivity contribution >= 4 is 39.5 Å². The summed E-state index contributed by atoms with van der Waals surface area (Å²) in [6.07, 6.45) is 90.9. The van der Waals surface area contributed by atoms with Gasteiger partial charge < -0.3 is 33.8 Å². The second-order valence-corrected chi connectivity index (χ2v) is 29.5. The second-order valence-electron chi connectivity index (χ2n) is 26.6. The lowest BCUT2D eigenvalue weighted by molar-refractivity contribution is -0.161. The molecule has 0 bridgehead atoms. The first-order valence-corrected chi connectivity index (χ1v) is 43.7. The highest BCUT2D eigenvalue weighted by atomic mass is 31.2. The molecule has 0 radical (unpaired) electrons. The third kappa shape index (κ3) is 76.9. The van der Waals surface area contributed by atoms with Gasteiger partial charge in [0.15, 0.2) is 12.2 Å². The Balaban J connectivity index is 5.49. The van der Waals surface area contributed by atoms with E-state index >= 15 is 0 Å². The normalized spacial score (nSPS) is 14.7. The maximum absolute atomic E-state index is 13.1. The zero-order valence-electron chi connectivity index (χ0n) is 66.1. The number of hydrogen-bond donors (Lipinski definition) is 3. The number of hydrogen-bond acceptors (Lipinski definition) is 15. The highest BCUT2D eigenvalue weighted by Crippen LogP contribution is 2.45. The van der Waals surface area contributed by atoms with Crippen molar-refractivity contribution in [3.8, 4) is 0 Å². The summed E-state index contributed by atoms with van der Waals surface area (Å²) in [4.78, 5) is 73.0. The smallest absolute Gasteiger partial charge is 0.462 e. The number of ether oxygens (including phenoxy) is 4. The Morgan fingerprint density at radius 1 is 0.274 bits per heavy atom. The van der Waals surface area contributed by atoms with Gasteiger partial charge in [0.2, 0.25) is 0 Å². The predicted octanol–water partition coefficient (Wildman–Crippen LogP) is 24.0. The highest BCUT2D eigenvalue weighted by molar-refractivity contribution is 7.47. The number of phosphoric ester groups is 2. The Bertz CT molecular complexity index is 2630. The van der Waals surface area contributed by atoms with Gasteiger partial charge in [-0.2, -0.15) is 0 Å². The summed E-state index contributed by atoms with van der Waals surface area (Å²) in [5.74, 6) is -2.35. The van der Waals surface area contributed by atoms with E-state index in [9.17, 15) is 43.2 Å². The van der Waals surface area contributed by atoms with E-state index in [4.69, 9.17) is 37.0 Å². The Morgan fingerprint density at radius 2 is 0.500 bits per heavy atom.